The molecule has 21 heavy (non-hydrogen) atoms. The van der Waals surface area contributed by atoms with Crippen LogP contribution in [0.1, 0.15) is 30.5 Å². The minimum atomic E-state index is -0.192. The summed E-state index contributed by atoms with van der Waals surface area (Å²) >= 11 is 0. The summed E-state index contributed by atoms with van der Waals surface area (Å²) in [5.41, 5.74) is 8.60. The Morgan fingerprint density at radius 1 is 1.29 bits per heavy atom. The third-order valence-corrected chi connectivity index (χ3v) is 4.14. The number of hydrogen-bond donors (Lipinski definition) is 2. The average molecular weight is 295 g/mol. The van der Waals surface area contributed by atoms with Crippen molar-refractivity contribution in [3.05, 3.63) is 29.1 Å². The monoisotopic (exact) mass is 295 g/mol. The van der Waals surface area contributed by atoms with Crippen molar-refractivity contribution in [1.82, 2.24) is 4.90 Å². The van der Waals surface area contributed by atoms with Crippen LogP contribution < -0.4 is 10.6 Å². The first kappa shape index (κ1) is 16.2. The second-order valence-electron chi connectivity index (χ2n) is 5.85. The highest BCUT2D eigenvalue weighted by Gasteiger charge is 2.19. The van der Waals surface area contributed by atoms with Gasteiger partial charge in [-0.2, -0.15) is 0 Å². The molecule has 2 rings (SSSR count). The quantitative estimate of drug-likeness (QED) is 0.887. The van der Waals surface area contributed by atoms with E-state index in [4.69, 9.17) is 10.8 Å². The molecule has 1 aromatic rings. The van der Waals surface area contributed by atoms with Gasteiger partial charge in [0, 0.05) is 37.9 Å². The number of β-amino-alcohol motifs (C(OH)–C–C–N with tert-alkyl or cyclic N) is 1. The lowest BCUT2D eigenvalue weighted by molar-refractivity contribution is 0.204. The third kappa shape index (κ3) is 3.93. The Bertz CT molecular complexity index is 479. The number of aliphatic hydroxyl groups excluding tert-OH is 1. The van der Waals surface area contributed by atoms with Gasteiger partial charge in [0.2, 0.25) is 0 Å². The summed E-state index contributed by atoms with van der Waals surface area (Å²) in [5.74, 6) is -0.192. The van der Waals surface area contributed by atoms with E-state index in [1.807, 2.05) is 13.0 Å². The molecule has 0 aromatic heterocycles. The standard InChI is InChI=1S/C16H26FN3O/c1-12-10-16(14(13(2)18)11-15(12)17)20-5-3-4-19(6-7-20)8-9-21/h10-11,13,21H,3-9,18H2,1-2H3/t13-/m1/s1. The van der Waals surface area contributed by atoms with E-state index >= 15 is 0 Å². The first-order valence-electron chi connectivity index (χ1n) is 7.66. The van der Waals surface area contributed by atoms with Crippen molar-refractivity contribution in [3.63, 3.8) is 0 Å². The highest BCUT2D eigenvalue weighted by atomic mass is 19.1. The molecule has 5 heteroatoms. The number of rotatable bonds is 4. The lowest BCUT2D eigenvalue weighted by Gasteiger charge is -2.27. The number of anilines is 1. The second-order valence-corrected chi connectivity index (χ2v) is 5.85. The molecular weight excluding hydrogens is 269 g/mol. The molecule has 118 valence electrons. The van der Waals surface area contributed by atoms with Gasteiger partial charge in [0.15, 0.2) is 0 Å². The maximum absolute atomic E-state index is 13.8. The van der Waals surface area contributed by atoms with E-state index in [1.54, 1.807) is 13.0 Å². The third-order valence-electron chi connectivity index (χ3n) is 4.14. The van der Waals surface area contributed by atoms with Gasteiger partial charge in [-0.25, -0.2) is 4.39 Å². The predicted octanol–water partition coefficient (Wildman–Crippen LogP) is 1.66. The molecule has 0 saturated carbocycles. The molecule has 0 amide bonds. The Hall–Kier alpha value is -1.17. The fourth-order valence-electron chi connectivity index (χ4n) is 2.90. The molecule has 1 heterocycles. The van der Waals surface area contributed by atoms with Crippen molar-refractivity contribution in [2.75, 3.05) is 44.2 Å². The maximum Gasteiger partial charge on any atom is 0.126 e. The molecule has 1 aromatic carbocycles. The Morgan fingerprint density at radius 2 is 2.05 bits per heavy atom. The summed E-state index contributed by atoms with van der Waals surface area (Å²) in [6.07, 6.45) is 1.04. The number of aliphatic hydroxyl groups is 1. The van der Waals surface area contributed by atoms with Gasteiger partial charge in [0.25, 0.3) is 0 Å². The van der Waals surface area contributed by atoms with E-state index in [2.05, 4.69) is 9.80 Å². The van der Waals surface area contributed by atoms with Gasteiger partial charge < -0.3 is 15.7 Å². The van der Waals surface area contributed by atoms with Gasteiger partial charge in [-0.3, -0.25) is 4.90 Å². The largest absolute Gasteiger partial charge is 0.395 e. The minimum Gasteiger partial charge on any atom is -0.395 e. The first-order chi connectivity index (χ1) is 10.0. The number of aryl methyl sites for hydroxylation is 1. The molecule has 1 fully saturated rings. The van der Waals surface area contributed by atoms with Gasteiger partial charge in [-0.05, 0) is 50.1 Å². The molecule has 4 nitrogen and oxygen atoms in total. The SMILES string of the molecule is Cc1cc(N2CCCN(CCO)CC2)c([C@@H](C)N)cc1F. The maximum atomic E-state index is 13.8. The molecule has 0 unspecified atom stereocenters. The summed E-state index contributed by atoms with van der Waals surface area (Å²) in [4.78, 5) is 4.56. The molecule has 1 aliphatic rings. The van der Waals surface area contributed by atoms with Crippen LogP contribution in [0.3, 0.4) is 0 Å². The van der Waals surface area contributed by atoms with E-state index in [9.17, 15) is 4.39 Å². The smallest absolute Gasteiger partial charge is 0.126 e. The van der Waals surface area contributed by atoms with E-state index < -0.39 is 0 Å². The topological polar surface area (TPSA) is 52.7 Å². The Kier molecular flexibility index (Phi) is 5.56. The van der Waals surface area contributed by atoms with E-state index in [-0.39, 0.29) is 18.5 Å². The highest BCUT2D eigenvalue weighted by Crippen LogP contribution is 2.29. The fraction of sp³-hybridized carbons (Fsp3) is 0.625. The number of nitrogens with two attached hydrogens (primary N) is 1. The van der Waals surface area contributed by atoms with Crippen molar-refractivity contribution in [3.8, 4) is 0 Å². The number of benzene rings is 1. The van der Waals surface area contributed by atoms with Gasteiger partial charge in [0.1, 0.15) is 5.82 Å². The number of nitrogens with zero attached hydrogens (tertiary/aromatic N) is 2. The van der Waals surface area contributed by atoms with Crippen LogP contribution in [0, 0.1) is 12.7 Å². The molecule has 3 N–H and O–H groups in total. The lowest BCUT2D eigenvalue weighted by atomic mass is 10.0. The predicted molar refractivity (Wildman–Crippen MR) is 84.1 cm³/mol. The molecular formula is C16H26FN3O. The van der Waals surface area contributed by atoms with Crippen molar-refractivity contribution < 1.29 is 9.50 Å². The highest BCUT2D eigenvalue weighted by molar-refractivity contribution is 5.57. The van der Waals surface area contributed by atoms with Crippen LogP contribution in [0.2, 0.25) is 0 Å². The average Bonchev–Trinajstić information content (AvgIpc) is 2.67. The van der Waals surface area contributed by atoms with Crippen LogP contribution in [-0.2, 0) is 0 Å². The summed E-state index contributed by atoms with van der Waals surface area (Å²) in [6, 6.07) is 3.30. The molecule has 1 atom stereocenters. The van der Waals surface area contributed by atoms with Crippen LogP contribution in [0.25, 0.3) is 0 Å². The molecule has 0 radical (unpaired) electrons. The van der Waals surface area contributed by atoms with E-state index in [1.165, 1.54) is 0 Å². The van der Waals surface area contributed by atoms with Gasteiger partial charge in [0.05, 0.1) is 6.61 Å². The van der Waals surface area contributed by atoms with Crippen LogP contribution in [0.4, 0.5) is 10.1 Å². The lowest BCUT2D eigenvalue weighted by Crippen LogP contribution is -2.33. The zero-order valence-corrected chi connectivity index (χ0v) is 13.0. The molecule has 1 aliphatic heterocycles. The molecule has 0 spiro atoms. The normalized spacial score (nSPS) is 18.6. The van der Waals surface area contributed by atoms with E-state index in [0.717, 1.165) is 50.4 Å². The molecule has 0 bridgehead atoms. The summed E-state index contributed by atoms with van der Waals surface area (Å²) < 4.78 is 13.8. The Morgan fingerprint density at radius 3 is 2.71 bits per heavy atom. The van der Waals surface area contributed by atoms with Crippen molar-refractivity contribution in [1.29, 1.82) is 0 Å². The van der Waals surface area contributed by atoms with Gasteiger partial charge in [-0.15, -0.1) is 0 Å². The summed E-state index contributed by atoms with van der Waals surface area (Å²) in [7, 11) is 0. The van der Waals surface area contributed by atoms with Gasteiger partial charge >= 0.3 is 0 Å². The van der Waals surface area contributed by atoms with Crippen LogP contribution >= 0.6 is 0 Å². The summed E-state index contributed by atoms with van der Waals surface area (Å²) in [5, 5.41) is 9.06. The zero-order valence-electron chi connectivity index (χ0n) is 13.0. The summed E-state index contributed by atoms with van der Waals surface area (Å²) in [6.45, 7) is 8.32. The van der Waals surface area contributed by atoms with Crippen LogP contribution in [-0.4, -0.2) is 49.3 Å². The molecule has 1 saturated heterocycles. The Labute approximate surface area is 126 Å². The van der Waals surface area contributed by atoms with Crippen molar-refractivity contribution in [2.24, 2.45) is 5.73 Å². The minimum absolute atomic E-state index is 0.188. The van der Waals surface area contributed by atoms with Crippen molar-refractivity contribution in [2.45, 2.75) is 26.3 Å². The zero-order chi connectivity index (χ0) is 15.4. The molecule has 0 aliphatic carbocycles. The van der Waals surface area contributed by atoms with Crippen molar-refractivity contribution >= 4 is 5.69 Å². The fourth-order valence-corrected chi connectivity index (χ4v) is 2.90. The Balaban J connectivity index is 2.22. The number of hydrogen-bond acceptors (Lipinski definition) is 4. The van der Waals surface area contributed by atoms with Gasteiger partial charge in [-0.1, -0.05) is 0 Å². The van der Waals surface area contributed by atoms with Crippen LogP contribution in [0.5, 0.6) is 0 Å². The first-order valence-corrected chi connectivity index (χ1v) is 7.66. The van der Waals surface area contributed by atoms with E-state index in [0.29, 0.717) is 5.56 Å². The number of halogens is 1. The van der Waals surface area contributed by atoms with Crippen LogP contribution in [0.15, 0.2) is 12.1 Å². The second kappa shape index (κ2) is 7.20.